The average molecular weight is 410 g/mol. The van der Waals surface area contributed by atoms with E-state index in [0.29, 0.717) is 5.75 Å². The predicted octanol–water partition coefficient (Wildman–Crippen LogP) is 3.80. The monoisotopic (exact) mass is 409 g/mol. The molecule has 0 fully saturated rings. The molecule has 1 aromatic carbocycles. The van der Waals surface area contributed by atoms with Gasteiger partial charge in [0.2, 0.25) is 22.5 Å². The highest BCUT2D eigenvalue weighted by molar-refractivity contribution is 6.71. The number of hydrogen-bond acceptors (Lipinski definition) is 5. The number of esters is 1. The summed E-state index contributed by atoms with van der Waals surface area (Å²) in [4.78, 5) is 23.3. The Morgan fingerprint density at radius 1 is 1.00 bits per heavy atom. The Morgan fingerprint density at radius 2 is 1.56 bits per heavy atom. The van der Waals surface area contributed by atoms with Crippen LogP contribution in [0.2, 0.25) is 39.3 Å². The molecule has 1 atom stereocenters. The number of hydrogen-bond donors (Lipinski definition) is 1. The van der Waals surface area contributed by atoms with Crippen LogP contribution in [0.25, 0.3) is 6.08 Å². The normalized spacial score (nSPS) is 13.2. The van der Waals surface area contributed by atoms with Gasteiger partial charge in [-0.3, -0.25) is 4.79 Å². The van der Waals surface area contributed by atoms with E-state index in [1.54, 1.807) is 13.0 Å². The lowest BCUT2D eigenvalue weighted by atomic mass is 10.2. The molecule has 0 saturated carbocycles. The third-order valence-electron chi connectivity index (χ3n) is 3.14. The number of methoxy groups -OCH3 is 1. The Bertz CT molecular complexity index is 705. The van der Waals surface area contributed by atoms with Gasteiger partial charge in [0.25, 0.3) is 0 Å². The van der Waals surface area contributed by atoms with E-state index in [9.17, 15) is 9.59 Å². The molecule has 1 N–H and O–H groups in total. The fraction of sp³-hybridized carbons (Fsp3) is 0.474. The third-order valence-corrected chi connectivity index (χ3v) is 4.81. The first-order chi connectivity index (χ1) is 12.3. The summed E-state index contributed by atoms with van der Waals surface area (Å²) in [6.45, 7) is 14.2. The van der Waals surface area contributed by atoms with Gasteiger partial charge >= 0.3 is 5.97 Å². The minimum atomic E-state index is -1.83. The molecule has 1 aromatic rings. The van der Waals surface area contributed by atoms with Crippen molar-refractivity contribution < 1.29 is 23.2 Å². The van der Waals surface area contributed by atoms with Crippen molar-refractivity contribution >= 4 is 34.6 Å². The van der Waals surface area contributed by atoms with Crippen LogP contribution in [0.4, 0.5) is 0 Å². The number of benzene rings is 1. The summed E-state index contributed by atoms with van der Waals surface area (Å²) in [6, 6.07) is 4.93. The largest absolute Gasteiger partial charge is 0.542 e. The van der Waals surface area contributed by atoms with Crippen LogP contribution in [0.1, 0.15) is 12.5 Å². The number of nitrogens with one attached hydrogen (secondary N) is 1. The topological polar surface area (TPSA) is 73.9 Å². The highest BCUT2D eigenvalue weighted by Crippen LogP contribution is 2.33. The van der Waals surface area contributed by atoms with E-state index in [4.69, 9.17) is 8.85 Å². The SMILES string of the molecule is COC(=O)[C@H](C)NC(=O)/C=C\c1ccc(O[Si](C)(C)C)c(O[Si](C)(C)C)c1. The lowest BCUT2D eigenvalue weighted by Crippen LogP contribution is -2.38. The van der Waals surface area contributed by atoms with Crippen LogP contribution < -0.4 is 14.2 Å². The summed E-state index contributed by atoms with van der Waals surface area (Å²) >= 11 is 0. The van der Waals surface area contributed by atoms with Crippen molar-refractivity contribution in [2.75, 3.05) is 7.11 Å². The van der Waals surface area contributed by atoms with Gasteiger partial charge in [0, 0.05) is 6.08 Å². The molecule has 0 bridgehead atoms. The minimum absolute atomic E-state index is 0.372. The van der Waals surface area contributed by atoms with Gasteiger partial charge in [-0.05, 0) is 70.0 Å². The first kappa shape index (κ1) is 23.0. The second kappa shape index (κ2) is 9.23. The summed E-state index contributed by atoms with van der Waals surface area (Å²) in [7, 11) is -2.33. The number of carbonyl (C=O) groups is 2. The van der Waals surface area contributed by atoms with E-state index in [0.717, 1.165) is 11.3 Å². The second-order valence-corrected chi connectivity index (χ2v) is 17.1. The van der Waals surface area contributed by atoms with E-state index >= 15 is 0 Å². The summed E-state index contributed by atoms with van der Waals surface area (Å²) in [6.07, 6.45) is 3.06. The zero-order valence-electron chi connectivity index (χ0n) is 17.5. The zero-order chi connectivity index (χ0) is 20.8. The Balaban J connectivity index is 3.00. The number of rotatable bonds is 8. The standard InChI is InChI=1S/C19H31NO5Si2/c1-14(19(22)23-2)20-18(21)12-10-15-9-11-16(24-26(3,4)5)17(13-15)25-27(6,7)8/h9-14H,1-8H3,(H,20,21)/b12-10-/t14-/m0/s1. The third kappa shape index (κ3) is 8.92. The molecule has 27 heavy (non-hydrogen) atoms. The predicted molar refractivity (Wildman–Crippen MR) is 113 cm³/mol. The molecule has 0 aliphatic rings. The summed E-state index contributed by atoms with van der Waals surface area (Å²) < 4.78 is 16.9. The van der Waals surface area contributed by atoms with Crippen LogP contribution in [0.5, 0.6) is 11.5 Å². The van der Waals surface area contributed by atoms with Crippen molar-refractivity contribution in [2.24, 2.45) is 0 Å². The van der Waals surface area contributed by atoms with Crippen LogP contribution in [-0.2, 0) is 14.3 Å². The Morgan fingerprint density at radius 3 is 2.07 bits per heavy atom. The second-order valence-electron chi connectivity index (χ2n) is 8.22. The lowest BCUT2D eigenvalue weighted by Gasteiger charge is -2.26. The van der Waals surface area contributed by atoms with Crippen molar-refractivity contribution in [2.45, 2.75) is 52.2 Å². The molecule has 0 aromatic heterocycles. The van der Waals surface area contributed by atoms with Gasteiger partial charge in [-0.1, -0.05) is 6.07 Å². The van der Waals surface area contributed by atoms with Crippen molar-refractivity contribution in [3.05, 3.63) is 29.8 Å². The Labute approximate surface area is 164 Å². The molecule has 0 spiro atoms. The molecule has 0 radical (unpaired) electrons. The molecule has 6 nitrogen and oxygen atoms in total. The summed E-state index contributed by atoms with van der Waals surface area (Å²) in [5.74, 6) is 0.568. The molecule has 0 aliphatic heterocycles. The van der Waals surface area contributed by atoms with E-state index in [-0.39, 0.29) is 5.91 Å². The fourth-order valence-electron chi connectivity index (χ4n) is 2.12. The van der Waals surface area contributed by atoms with Crippen LogP contribution in [-0.4, -0.2) is 41.7 Å². The molecule has 0 saturated heterocycles. The summed E-state index contributed by atoms with van der Waals surface area (Å²) in [5.41, 5.74) is 0.812. The van der Waals surface area contributed by atoms with Gasteiger partial charge in [0.1, 0.15) is 17.5 Å². The number of carbonyl (C=O) groups excluding carboxylic acids is 2. The molecule has 1 rings (SSSR count). The molecular weight excluding hydrogens is 378 g/mol. The lowest BCUT2D eigenvalue weighted by molar-refractivity contribution is -0.144. The molecule has 0 heterocycles. The quantitative estimate of drug-likeness (QED) is 0.401. The van der Waals surface area contributed by atoms with Crippen molar-refractivity contribution in [1.29, 1.82) is 0 Å². The first-order valence-corrected chi connectivity index (χ1v) is 15.7. The van der Waals surface area contributed by atoms with E-state index < -0.39 is 28.6 Å². The van der Waals surface area contributed by atoms with Crippen molar-refractivity contribution in [3.63, 3.8) is 0 Å². The van der Waals surface area contributed by atoms with Crippen LogP contribution in [0, 0.1) is 0 Å². The molecule has 8 heteroatoms. The van der Waals surface area contributed by atoms with Crippen molar-refractivity contribution in [1.82, 2.24) is 5.32 Å². The number of amides is 1. The maximum Gasteiger partial charge on any atom is 0.328 e. The van der Waals surface area contributed by atoms with Gasteiger partial charge in [0.15, 0.2) is 0 Å². The molecular formula is C19H31NO5Si2. The van der Waals surface area contributed by atoms with Gasteiger partial charge in [0.05, 0.1) is 7.11 Å². The molecule has 150 valence electrons. The minimum Gasteiger partial charge on any atom is -0.542 e. The van der Waals surface area contributed by atoms with Gasteiger partial charge in [-0.2, -0.15) is 0 Å². The smallest absolute Gasteiger partial charge is 0.328 e. The van der Waals surface area contributed by atoms with E-state index in [2.05, 4.69) is 49.3 Å². The van der Waals surface area contributed by atoms with Gasteiger partial charge in [-0.15, -0.1) is 0 Å². The highest BCUT2D eigenvalue weighted by Gasteiger charge is 2.23. The van der Waals surface area contributed by atoms with Crippen LogP contribution >= 0.6 is 0 Å². The maximum atomic E-state index is 12.0. The molecule has 0 unspecified atom stereocenters. The van der Waals surface area contributed by atoms with Crippen molar-refractivity contribution in [3.8, 4) is 11.5 Å². The Kier molecular flexibility index (Phi) is 7.85. The van der Waals surface area contributed by atoms with E-state index in [1.807, 2.05) is 18.2 Å². The number of ether oxygens (including phenoxy) is 1. The molecule has 0 aliphatic carbocycles. The zero-order valence-corrected chi connectivity index (χ0v) is 19.5. The fourth-order valence-corrected chi connectivity index (χ4v) is 3.77. The highest BCUT2D eigenvalue weighted by atomic mass is 28.4. The first-order valence-electron chi connectivity index (χ1n) is 8.89. The summed E-state index contributed by atoms with van der Waals surface area (Å²) in [5, 5.41) is 2.55. The molecule has 1 amide bonds. The van der Waals surface area contributed by atoms with Gasteiger partial charge < -0.3 is 18.9 Å². The maximum absolute atomic E-state index is 12.0. The average Bonchev–Trinajstić information content (AvgIpc) is 2.51. The Hall–Kier alpha value is -2.07. The van der Waals surface area contributed by atoms with Crippen LogP contribution in [0.3, 0.4) is 0 Å². The van der Waals surface area contributed by atoms with Gasteiger partial charge in [-0.25, -0.2) is 4.79 Å². The van der Waals surface area contributed by atoms with Crippen LogP contribution in [0.15, 0.2) is 24.3 Å². The van der Waals surface area contributed by atoms with E-state index in [1.165, 1.54) is 13.2 Å².